The highest BCUT2D eigenvalue weighted by atomic mass is 16.5. The summed E-state index contributed by atoms with van der Waals surface area (Å²) in [7, 11) is 3.24. The maximum atomic E-state index is 5.50. The van der Waals surface area contributed by atoms with Gasteiger partial charge in [0, 0.05) is 12.1 Å². The van der Waals surface area contributed by atoms with Crippen LogP contribution in [0.15, 0.2) is 77.9 Å². The van der Waals surface area contributed by atoms with E-state index in [1.165, 1.54) is 5.56 Å². The Balaban J connectivity index is 1.70. The average molecular weight is 386 g/mol. The first-order valence-corrected chi connectivity index (χ1v) is 9.31. The Hall–Kier alpha value is -3.80. The van der Waals surface area contributed by atoms with Crippen LogP contribution in [0.4, 0.5) is 5.95 Å². The zero-order valence-electron chi connectivity index (χ0n) is 16.4. The molecule has 0 radical (unpaired) electrons. The maximum Gasteiger partial charge on any atom is 0.225 e. The van der Waals surface area contributed by atoms with Crippen molar-refractivity contribution in [3.8, 4) is 11.5 Å². The molecule has 0 unspecified atom stereocenters. The molecular weight excluding hydrogens is 364 g/mol. The first kappa shape index (κ1) is 18.6. The lowest BCUT2D eigenvalue weighted by Gasteiger charge is -2.10. The number of imidazole rings is 1. The quantitative estimate of drug-likeness (QED) is 0.474. The fourth-order valence-corrected chi connectivity index (χ4v) is 3.16. The Morgan fingerprint density at radius 1 is 0.931 bits per heavy atom. The number of hydrogen-bond acceptors (Lipinski definition) is 5. The largest absolute Gasteiger partial charge is 0.493 e. The molecule has 0 saturated heterocycles. The smallest absolute Gasteiger partial charge is 0.225 e. The van der Waals surface area contributed by atoms with E-state index in [0.717, 1.165) is 16.6 Å². The molecule has 146 valence electrons. The topological polar surface area (TPSA) is 60.7 Å². The van der Waals surface area contributed by atoms with Gasteiger partial charge in [-0.3, -0.25) is 0 Å². The molecule has 0 saturated carbocycles. The Labute approximate surface area is 169 Å². The zero-order chi connectivity index (χ0) is 20.1. The summed E-state index contributed by atoms with van der Waals surface area (Å²) in [6.07, 6.45) is 1.75. The molecule has 1 aromatic heterocycles. The second-order valence-corrected chi connectivity index (χ2v) is 6.40. The van der Waals surface area contributed by atoms with Crippen molar-refractivity contribution in [1.29, 1.82) is 0 Å². The molecule has 4 rings (SSSR count). The molecule has 0 bridgehead atoms. The summed E-state index contributed by atoms with van der Waals surface area (Å²) in [5.74, 6) is 1.98. The first-order valence-electron chi connectivity index (χ1n) is 9.31. The Morgan fingerprint density at radius 2 is 1.72 bits per heavy atom. The van der Waals surface area contributed by atoms with Crippen LogP contribution in [0.25, 0.3) is 11.0 Å². The van der Waals surface area contributed by atoms with Gasteiger partial charge in [-0.25, -0.2) is 4.98 Å². The normalized spacial score (nSPS) is 11.1. The molecule has 6 heteroatoms. The van der Waals surface area contributed by atoms with Crippen LogP contribution >= 0.6 is 0 Å². The van der Waals surface area contributed by atoms with Gasteiger partial charge in [0.2, 0.25) is 5.95 Å². The minimum absolute atomic E-state index is 0.641. The van der Waals surface area contributed by atoms with Crippen molar-refractivity contribution in [1.82, 2.24) is 9.66 Å². The lowest BCUT2D eigenvalue weighted by Crippen LogP contribution is -2.05. The van der Waals surface area contributed by atoms with E-state index in [1.54, 1.807) is 25.1 Å². The van der Waals surface area contributed by atoms with Crippen LogP contribution < -0.4 is 14.8 Å². The summed E-state index contributed by atoms with van der Waals surface area (Å²) in [6.45, 7) is 0.655. The third-order valence-electron chi connectivity index (χ3n) is 4.58. The second-order valence-electron chi connectivity index (χ2n) is 6.40. The highest BCUT2D eigenvalue weighted by molar-refractivity contribution is 5.86. The zero-order valence-corrected chi connectivity index (χ0v) is 16.4. The summed E-state index contributed by atoms with van der Waals surface area (Å²) in [4.78, 5) is 4.70. The van der Waals surface area contributed by atoms with Crippen LogP contribution in [0.5, 0.6) is 11.5 Å². The van der Waals surface area contributed by atoms with Gasteiger partial charge in [-0.2, -0.15) is 9.78 Å². The lowest BCUT2D eigenvalue weighted by molar-refractivity contribution is 0.354. The molecule has 6 nitrogen and oxygen atoms in total. The van der Waals surface area contributed by atoms with Gasteiger partial charge in [-0.05, 0) is 29.8 Å². The number of para-hydroxylation sites is 3. The van der Waals surface area contributed by atoms with Gasteiger partial charge in [0.25, 0.3) is 0 Å². The van der Waals surface area contributed by atoms with Crippen LogP contribution in [-0.2, 0) is 6.54 Å². The Morgan fingerprint density at radius 3 is 2.52 bits per heavy atom. The van der Waals surface area contributed by atoms with E-state index in [2.05, 4.69) is 17.4 Å². The van der Waals surface area contributed by atoms with Crippen molar-refractivity contribution in [2.24, 2.45) is 5.10 Å². The minimum atomic E-state index is 0.641. The van der Waals surface area contributed by atoms with E-state index in [-0.39, 0.29) is 0 Å². The van der Waals surface area contributed by atoms with Crippen molar-refractivity contribution < 1.29 is 9.47 Å². The van der Waals surface area contributed by atoms with Gasteiger partial charge in [-0.15, -0.1) is 0 Å². The Kier molecular flexibility index (Phi) is 5.42. The summed E-state index contributed by atoms with van der Waals surface area (Å²) >= 11 is 0. The molecule has 0 aliphatic heterocycles. The van der Waals surface area contributed by atoms with Crippen molar-refractivity contribution in [2.45, 2.75) is 6.54 Å². The van der Waals surface area contributed by atoms with E-state index in [1.807, 2.05) is 60.7 Å². The summed E-state index contributed by atoms with van der Waals surface area (Å²) in [5, 5.41) is 8.08. The third kappa shape index (κ3) is 3.91. The molecule has 1 heterocycles. The van der Waals surface area contributed by atoms with Gasteiger partial charge in [0.05, 0.1) is 31.5 Å². The van der Waals surface area contributed by atoms with Gasteiger partial charge in [-0.1, -0.05) is 48.5 Å². The minimum Gasteiger partial charge on any atom is -0.493 e. The number of benzene rings is 3. The number of methoxy groups -OCH3 is 2. The maximum absolute atomic E-state index is 5.50. The van der Waals surface area contributed by atoms with Gasteiger partial charge in [0.15, 0.2) is 11.5 Å². The SMILES string of the molecule is COc1cccc(C=Nn2c(NCc3ccccc3)nc3ccccc32)c1OC. The first-order chi connectivity index (χ1) is 14.3. The van der Waals surface area contributed by atoms with E-state index in [4.69, 9.17) is 19.6 Å². The molecule has 0 spiro atoms. The third-order valence-corrected chi connectivity index (χ3v) is 4.58. The van der Waals surface area contributed by atoms with Crippen molar-refractivity contribution in [2.75, 3.05) is 19.5 Å². The molecule has 0 amide bonds. The summed E-state index contributed by atoms with van der Waals surface area (Å²) in [5.41, 5.74) is 3.78. The van der Waals surface area contributed by atoms with Crippen LogP contribution in [0.1, 0.15) is 11.1 Å². The highest BCUT2D eigenvalue weighted by Gasteiger charge is 2.11. The van der Waals surface area contributed by atoms with Crippen LogP contribution in [0.2, 0.25) is 0 Å². The monoisotopic (exact) mass is 386 g/mol. The number of nitrogens with zero attached hydrogens (tertiary/aromatic N) is 3. The fraction of sp³-hybridized carbons (Fsp3) is 0.130. The molecule has 4 aromatic rings. The lowest BCUT2D eigenvalue weighted by atomic mass is 10.2. The van der Waals surface area contributed by atoms with Crippen LogP contribution in [-0.4, -0.2) is 30.1 Å². The van der Waals surface area contributed by atoms with E-state index < -0.39 is 0 Å². The standard InChI is InChI=1S/C23H22N4O2/c1-28-21-14-8-11-18(22(21)29-2)16-25-27-20-13-7-6-12-19(20)26-23(27)24-15-17-9-4-3-5-10-17/h3-14,16H,15H2,1-2H3,(H,24,26). The van der Waals surface area contributed by atoms with E-state index in [9.17, 15) is 0 Å². The number of hydrogen-bond donors (Lipinski definition) is 1. The van der Waals surface area contributed by atoms with Gasteiger partial charge < -0.3 is 14.8 Å². The highest BCUT2D eigenvalue weighted by Crippen LogP contribution is 2.29. The molecular formula is C23H22N4O2. The van der Waals surface area contributed by atoms with Gasteiger partial charge >= 0.3 is 0 Å². The number of fused-ring (bicyclic) bond motifs is 1. The second kappa shape index (κ2) is 8.48. The number of ether oxygens (including phenoxy) is 2. The summed E-state index contributed by atoms with van der Waals surface area (Å²) < 4.78 is 12.7. The molecule has 1 N–H and O–H groups in total. The fourth-order valence-electron chi connectivity index (χ4n) is 3.16. The van der Waals surface area contributed by atoms with Crippen molar-refractivity contribution in [3.05, 3.63) is 83.9 Å². The van der Waals surface area contributed by atoms with Gasteiger partial charge in [0.1, 0.15) is 0 Å². The van der Waals surface area contributed by atoms with E-state index in [0.29, 0.717) is 24.0 Å². The predicted molar refractivity (Wildman–Crippen MR) is 116 cm³/mol. The summed E-state index contributed by atoms with van der Waals surface area (Å²) in [6, 6.07) is 23.8. The number of anilines is 1. The predicted octanol–water partition coefficient (Wildman–Crippen LogP) is 4.55. The molecule has 0 aliphatic rings. The number of aromatic nitrogens is 2. The van der Waals surface area contributed by atoms with Crippen LogP contribution in [0.3, 0.4) is 0 Å². The molecule has 0 fully saturated rings. The average Bonchev–Trinajstić information content (AvgIpc) is 3.14. The molecule has 0 atom stereocenters. The van der Waals surface area contributed by atoms with E-state index >= 15 is 0 Å². The molecule has 3 aromatic carbocycles. The molecule has 29 heavy (non-hydrogen) atoms. The molecule has 0 aliphatic carbocycles. The van der Waals surface area contributed by atoms with Crippen molar-refractivity contribution in [3.63, 3.8) is 0 Å². The van der Waals surface area contributed by atoms with Crippen molar-refractivity contribution >= 4 is 23.2 Å². The number of nitrogens with one attached hydrogen (secondary N) is 1. The number of rotatable bonds is 7. The Bertz CT molecular complexity index is 1140. The van der Waals surface area contributed by atoms with Crippen LogP contribution in [0, 0.1) is 0 Å².